The van der Waals surface area contributed by atoms with E-state index in [9.17, 15) is 14.0 Å². The lowest BCUT2D eigenvalue weighted by molar-refractivity contribution is -0.118. The number of halogens is 4. The van der Waals surface area contributed by atoms with Gasteiger partial charge in [-0.15, -0.1) is 0 Å². The second-order valence-corrected chi connectivity index (χ2v) is 11.3. The number of carbonyl (C=O) groups is 1. The molecule has 4 aromatic rings. The van der Waals surface area contributed by atoms with E-state index in [1.807, 2.05) is 19.1 Å². The fraction of sp³-hybridized carbons (Fsp3) is 0.241. The number of para-hydroxylation sites is 1. The van der Waals surface area contributed by atoms with E-state index < -0.39 is 11.7 Å². The average Bonchev–Trinajstić information content (AvgIpc) is 2.95. The minimum atomic E-state index is -0.547. The summed E-state index contributed by atoms with van der Waals surface area (Å²) >= 11 is 10.5. The number of carbonyl (C=O) groups excluding carboxylic acids is 1. The van der Waals surface area contributed by atoms with Crippen molar-refractivity contribution in [1.29, 1.82) is 0 Å². The number of anilines is 1. The molecule has 0 aliphatic carbocycles. The molecule has 1 amide bonds. The molecule has 4 rings (SSSR count). The molecule has 214 valence electrons. The third-order valence-corrected chi connectivity index (χ3v) is 8.53. The van der Waals surface area contributed by atoms with E-state index in [0.29, 0.717) is 50.0 Å². The summed E-state index contributed by atoms with van der Waals surface area (Å²) in [5.74, 6) is 0.0960. The van der Waals surface area contributed by atoms with Crippen molar-refractivity contribution < 1.29 is 18.7 Å². The van der Waals surface area contributed by atoms with Crippen molar-refractivity contribution in [3.63, 3.8) is 0 Å². The second kappa shape index (κ2) is 14.2. The van der Waals surface area contributed by atoms with Crippen molar-refractivity contribution in [2.24, 2.45) is 5.10 Å². The third kappa shape index (κ3) is 7.41. The molecule has 3 aromatic carbocycles. The third-order valence-electron chi connectivity index (χ3n) is 5.89. The first kappa shape index (κ1) is 30.9. The number of hydrogen-bond donors (Lipinski definition) is 1. The molecule has 12 heteroatoms. The van der Waals surface area contributed by atoms with Crippen LogP contribution < -0.4 is 20.3 Å². The first-order valence-electron chi connectivity index (χ1n) is 12.8. The molecule has 0 aliphatic heterocycles. The van der Waals surface area contributed by atoms with Crippen LogP contribution in [-0.2, 0) is 11.2 Å². The molecule has 1 aromatic heterocycles. The summed E-state index contributed by atoms with van der Waals surface area (Å²) in [7, 11) is 0. The molecule has 0 aliphatic rings. The molecular weight excluding hydrogens is 727 g/mol. The molecule has 41 heavy (non-hydrogen) atoms. The lowest BCUT2D eigenvalue weighted by atomic mass is 10.2. The predicted molar refractivity (Wildman–Crippen MR) is 169 cm³/mol. The topological polar surface area (TPSA) is 94.8 Å². The van der Waals surface area contributed by atoms with Crippen LogP contribution in [0.1, 0.15) is 38.1 Å². The van der Waals surface area contributed by atoms with Crippen molar-refractivity contribution in [2.45, 2.75) is 33.1 Å². The zero-order valence-corrected chi connectivity index (χ0v) is 27.0. The Morgan fingerprint density at radius 1 is 1.10 bits per heavy atom. The van der Waals surface area contributed by atoms with Crippen LogP contribution in [0.5, 0.6) is 11.5 Å². The highest BCUT2D eigenvalue weighted by Crippen LogP contribution is 2.42. The van der Waals surface area contributed by atoms with Crippen molar-refractivity contribution in [3.05, 3.63) is 89.5 Å². The maximum absolute atomic E-state index is 13.9. The van der Waals surface area contributed by atoms with E-state index in [0.717, 1.165) is 17.3 Å². The van der Waals surface area contributed by atoms with Gasteiger partial charge in [0.25, 0.3) is 11.5 Å². The number of unbranched alkanes of at least 4 members (excludes halogenated alkanes) is 1. The van der Waals surface area contributed by atoms with Gasteiger partial charge in [-0.2, -0.15) is 9.78 Å². The van der Waals surface area contributed by atoms with E-state index in [1.165, 1.54) is 29.1 Å². The van der Waals surface area contributed by atoms with Gasteiger partial charge in [-0.05, 0) is 81.6 Å². The van der Waals surface area contributed by atoms with Crippen LogP contribution in [0, 0.1) is 5.82 Å². The normalized spacial score (nSPS) is 11.3. The van der Waals surface area contributed by atoms with Gasteiger partial charge >= 0.3 is 0 Å². The lowest BCUT2D eigenvalue weighted by Crippen LogP contribution is -2.22. The number of nitrogens with one attached hydrogen (secondary N) is 1. The predicted octanol–water partition coefficient (Wildman–Crippen LogP) is 7.46. The summed E-state index contributed by atoms with van der Waals surface area (Å²) in [4.78, 5) is 30.6. The molecule has 1 heterocycles. The Bertz CT molecular complexity index is 1680. The van der Waals surface area contributed by atoms with E-state index in [-0.39, 0.29) is 23.6 Å². The molecule has 0 fully saturated rings. The van der Waals surface area contributed by atoms with Gasteiger partial charge in [-0.1, -0.05) is 41.4 Å². The monoisotopic (exact) mass is 750 g/mol. The molecular formula is C29H26Br3FN4O4. The molecule has 0 radical (unpaired) electrons. The van der Waals surface area contributed by atoms with E-state index in [2.05, 4.69) is 65.1 Å². The fourth-order valence-electron chi connectivity index (χ4n) is 3.91. The summed E-state index contributed by atoms with van der Waals surface area (Å²) < 4.78 is 28.6. The fourth-order valence-corrected chi connectivity index (χ4v) is 5.21. The van der Waals surface area contributed by atoms with Crippen molar-refractivity contribution in [3.8, 4) is 11.5 Å². The van der Waals surface area contributed by atoms with Crippen LogP contribution >= 0.6 is 47.8 Å². The Kier molecular flexibility index (Phi) is 10.7. The highest BCUT2D eigenvalue weighted by atomic mass is 79.9. The summed E-state index contributed by atoms with van der Waals surface area (Å²) in [6, 6.07) is 12.9. The minimum Gasteiger partial charge on any atom is -0.490 e. The van der Waals surface area contributed by atoms with E-state index >= 15 is 0 Å². The number of aromatic nitrogens is 2. The first-order valence-corrected chi connectivity index (χ1v) is 15.2. The van der Waals surface area contributed by atoms with Gasteiger partial charge in [0.05, 0.1) is 33.9 Å². The maximum atomic E-state index is 13.9. The molecule has 1 N–H and O–H groups in total. The number of benzene rings is 3. The summed E-state index contributed by atoms with van der Waals surface area (Å²) in [5.41, 5.74) is 0.978. The largest absolute Gasteiger partial charge is 0.490 e. The van der Waals surface area contributed by atoms with Crippen LogP contribution in [0.25, 0.3) is 10.9 Å². The Balaban J connectivity index is 1.66. The van der Waals surface area contributed by atoms with Crippen molar-refractivity contribution in [1.82, 2.24) is 9.66 Å². The molecule has 0 atom stereocenters. The number of nitrogens with zero attached hydrogens (tertiary/aromatic N) is 3. The number of rotatable bonds is 11. The van der Waals surface area contributed by atoms with Gasteiger partial charge in [0.15, 0.2) is 18.1 Å². The van der Waals surface area contributed by atoms with Crippen LogP contribution in [0.3, 0.4) is 0 Å². The van der Waals surface area contributed by atoms with Gasteiger partial charge in [-0.3, -0.25) is 9.59 Å². The van der Waals surface area contributed by atoms with Crippen molar-refractivity contribution >= 4 is 76.5 Å². The Morgan fingerprint density at radius 3 is 2.61 bits per heavy atom. The SMILES string of the molecule is CCCCc1nc2ccc(Br)cc2c(=O)n1N=Cc1cc(OCC)c(OCC(=O)Nc2ccccc2F)c(Br)c1Br. The molecule has 0 bridgehead atoms. The second-order valence-electron chi connectivity index (χ2n) is 8.83. The van der Waals surface area contributed by atoms with Crippen LogP contribution in [0.15, 0.2) is 71.8 Å². The standard InChI is InChI=1S/C29H26Br3FN4O4/c1-3-5-10-24-35-21-12-11-18(30)14-19(21)29(39)37(24)34-15-17-13-23(40-4-2)28(27(32)26(17)31)41-16-25(38)36-22-9-7-6-8-20(22)33/h6-9,11-15H,3-5,10,16H2,1-2H3,(H,36,38). The van der Waals surface area contributed by atoms with E-state index in [1.54, 1.807) is 18.2 Å². The van der Waals surface area contributed by atoms with Crippen LogP contribution in [0.4, 0.5) is 10.1 Å². The Labute approximate surface area is 261 Å². The highest BCUT2D eigenvalue weighted by Gasteiger charge is 2.19. The molecule has 8 nitrogen and oxygen atoms in total. The Hall–Kier alpha value is -3.09. The molecule has 0 saturated heterocycles. The lowest BCUT2D eigenvalue weighted by Gasteiger charge is -2.16. The van der Waals surface area contributed by atoms with Crippen molar-refractivity contribution in [2.75, 3.05) is 18.5 Å². The maximum Gasteiger partial charge on any atom is 0.282 e. The van der Waals surface area contributed by atoms with Crippen LogP contribution in [0.2, 0.25) is 0 Å². The zero-order chi connectivity index (χ0) is 29.5. The first-order chi connectivity index (χ1) is 19.7. The quantitative estimate of drug-likeness (QED) is 0.161. The van der Waals surface area contributed by atoms with Gasteiger partial charge in [-0.25, -0.2) is 9.37 Å². The average molecular weight is 753 g/mol. The van der Waals surface area contributed by atoms with Crippen LogP contribution in [-0.4, -0.2) is 35.0 Å². The van der Waals surface area contributed by atoms with Gasteiger partial charge < -0.3 is 14.8 Å². The van der Waals surface area contributed by atoms with Gasteiger partial charge in [0.1, 0.15) is 11.6 Å². The highest BCUT2D eigenvalue weighted by molar-refractivity contribution is 9.13. The Morgan fingerprint density at radius 2 is 1.88 bits per heavy atom. The summed E-state index contributed by atoms with van der Waals surface area (Å²) in [5, 5.41) is 7.46. The van der Waals surface area contributed by atoms with Gasteiger partial charge in [0.2, 0.25) is 0 Å². The smallest absolute Gasteiger partial charge is 0.282 e. The van der Waals surface area contributed by atoms with Gasteiger partial charge in [0, 0.05) is 20.9 Å². The molecule has 0 spiro atoms. The summed E-state index contributed by atoms with van der Waals surface area (Å²) in [6.07, 6.45) is 3.92. The number of fused-ring (bicyclic) bond motifs is 1. The number of aryl methyl sites for hydroxylation is 1. The number of ether oxygens (including phenoxy) is 2. The zero-order valence-electron chi connectivity index (χ0n) is 22.2. The molecule has 0 saturated carbocycles. The number of hydrogen-bond acceptors (Lipinski definition) is 6. The number of amides is 1. The molecule has 0 unspecified atom stereocenters. The minimum absolute atomic E-state index is 0.0574. The summed E-state index contributed by atoms with van der Waals surface area (Å²) in [6.45, 7) is 3.83. The van der Waals surface area contributed by atoms with E-state index in [4.69, 9.17) is 14.5 Å².